The van der Waals surface area contributed by atoms with Crippen LogP contribution >= 0.6 is 0 Å². The Morgan fingerprint density at radius 1 is 0.556 bits per heavy atom. The van der Waals surface area contributed by atoms with Gasteiger partial charge in [0.1, 0.15) is 0 Å². The predicted octanol–water partition coefficient (Wildman–Crippen LogP) is 3.56. The van der Waals surface area contributed by atoms with E-state index in [1.165, 1.54) is 0 Å². The molecule has 0 aliphatic rings. The fourth-order valence-electron chi connectivity index (χ4n) is 0.308. The van der Waals surface area contributed by atoms with E-state index in [1.54, 1.807) is 0 Å². The zero-order chi connectivity index (χ0) is 9.23. The van der Waals surface area contributed by atoms with Crippen LogP contribution in [0.2, 0.25) is 0 Å². The molecule has 0 heterocycles. The molecule has 0 aromatic rings. The monoisotopic (exact) mass is 324 g/mol. The minimum atomic E-state index is -5.56. The standard InChI is InChI=1S/C4H3F7.7FH/c5-1(3(7)8)2(6)4(9,10)11;;;;;;;/h1-3H;7*1H. The quantitative estimate of drug-likeness (QED) is 0.682. The summed E-state index contributed by atoms with van der Waals surface area (Å²) in [7, 11) is 0. The lowest BCUT2D eigenvalue weighted by atomic mass is 10.2. The van der Waals surface area contributed by atoms with E-state index >= 15 is 0 Å². The SMILES string of the molecule is F.F.F.F.F.F.F.FC(F)C(F)C(F)C(F)(F)F. The number of halogens is 14. The van der Waals surface area contributed by atoms with Gasteiger partial charge in [0.25, 0.3) is 6.43 Å². The van der Waals surface area contributed by atoms with Gasteiger partial charge in [-0.25, -0.2) is 17.6 Å². The maximum atomic E-state index is 11.6. The second-order valence-corrected chi connectivity index (χ2v) is 1.72. The first kappa shape index (κ1) is 53.7. The van der Waals surface area contributed by atoms with Crippen LogP contribution in [0.5, 0.6) is 0 Å². The third kappa shape index (κ3) is 17.4. The topological polar surface area (TPSA) is 0 Å². The Hall–Kier alpha value is -0.980. The van der Waals surface area contributed by atoms with Crippen LogP contribution < -0.4 is 0 Å². The summed E-state index contributed by atoms with van der Waals surface area (Å²) in [6, 6.07) is 0. The van der Waals surface area contributed by atoms with E-state index in [-0.39, 0.29) is 32.9 Å². The molecule has 0 saturated heterocycles. The zero-order valence-electron chi connectivity index (χ0n) is 7.74. The molecular weight excluding hydrogens is 314 g/mol. The molecule has 0 aliphatic heterocycles. The molecule has 0 saturated carbocycles. The Kier molecular flexibility index (Phi) is 54.8. The molecule has 0 aliphatic carbocycles. The fourth-order valence-corrected chi connectivity index (χ4v) is 0.308. The van der Waals surface area contributed by atoms with Crippen molar-refractivity contribution in [2.24, 2.45) is 0 Å². The van der Waals surface area contributed by atoms with E-state index in [4.69, 9.17) is 0 Å². The molecule has 0 aromatic heterocycles. The lowest BCUT2D eigenvalue weighted by Gasteiger charge is -2.15. The van der Waals surface area contributed by atoms with Crippen molar-refractivity contribution in [2.75, 3.05) is 0 Å². The lowest BCUT2D eigenvalue weighted by Crippen LogP contribution is -2.37. The van der Waals surface area contributed by atoms with Crippen molar-refractivity contribution in [2.45, 2.75) is 24.9 Å². The van der Waals surface area contributed by atoms with Gasteiger partial charge in [-0.1, -0.05) is 0 Å². The molecule has 0 amide bonds. The van der Waals surface area contributed by atoms with Crippen LogP contribution in [-0.4, -0.2) is 24.9 Å². The summed E-state index contributed by atoms with van der Waals surface area (Å²) in [6.45, 7) is 0. The average molecular weight is 324 g/mol. The second kappa shape index (κ2) is 18.4. The number of hydrogen-bond donors (Lipinski definition) is 0. The van der Waals surface area contributed by atoms with Gasteiger partial charge in [-0.2, -0.15) is 13.2 Å². The molecular formula is C4H10F14. The van der Waals surface area contributed by atoms with E-state index < -0.39 is 24.9 Å². The molecule has 0 N–H and O–H groups in total. The van der Waals surface area contributed by atoms with E-state index in [0.717, 1.165) is 0 Å². The van der Waals surface area contributed by atoms with Gasteiger partial charge in [-0.05, 0) is 0 Å². The molecule has 0 nitrogen and oxygen atoms in total. The highest BCUT2D eigenvalue weighted by Gasteiger charge is 2.49. The highest BCUT2D eigenvalue weighted by Crippen LogP contribution is 2.29. The van der Waals surface area contributed by atoms with Gasteiger partial charge >= 0.3 is 6.18 Å². The van der Waals surface area contributed by atoms with Crippen LogP contribution in [-0.2, 0) is 0 Å². The van der Waals surface area contributed by atoms with Crippen molar-refractivity contribution in [1.82, 2.24) is 0 Å². The average Bonchev–Trinajstić information content (AvgIpc) is 1.82. The highest BCUT2D eigenvalue weighted by molar-refractivity contribution is 4.76. The Morgan fingerprint density at radius 3 is 0.833 bits per heavy atom. The molecule has 18 heavy (non-hydrogen) atoms. The summed E-state index contributed by atoms with van der Waals surface area (Å²) in [6.07, 6.45) is -17.4. The van der Waals surface area contributed by atoms with E-state index in [0.29, 0.717) is 0 Å². The molecule has 0 fully saturated rings. The third-order valence-electron chi connectivity index (χ3n) is 0.833. The third-order valence-corrected chi connectivity index (χ3v) is 0.833. The maximum absolute atomic E-state index is 11.6. The highest BCUT2D eigenvalue weighted by atomic mass is 19.4. The Labute approximate surface area is 90.1 Å². The van der Waals surface area contributed by atoms with Gasteiger partial charge in [0.05, 0.1) is 0 Å². The van der Waals surface area contributed by atoms with Crippen molar-refractivity contribution >= 4 is 0 Å². The minimum Gasteiger partial charge on any atom is -0.269 e. The fraction of sp³-hybridized carbons (Fsp3) is 1.00. The summed E-state index contributed by atoms with van der Waals surface area (Å²) >= 11 is 0. The van der Waals surface area contributed by atoms with Crippen molar-refractivity contribution in [1.29, 1.82) is 0 Å². The smallest absolute Gasteiger partial charge is 0.269 e. The van der Waals surface area contributed by atoms with Gasteiger partial charge in [0, 0.05) is 0 Å². The number of rotatable bonds is 2. The minimum absolute atomic E-state index is 0. The van der Waals surface area contributed by atoms with Gasteiger partial charge in [-0.3, -0.25) is 32.9 Å². The summed E-state index contributed by atoms with van der Waals surface area (Å²) in [4.78, 5) is 0. The molecule has 2 unspecified atom stereocenters. The Morgan fingerprint density at radius 2 is 0.778 bits per heavy atom. The van der Waals surface area contributed by atoms with Crippen LogP contribution in [0.15, 0.2) is 0 Å². The van der Waals surface area contributed by atoms with Crippen molar-refractivity contribution in [3.05, 3.63) is 0 Å². The van der Waals surface area contributed by atoms with E-state index in [1.807, 2.05) is 0 Å². The Balaban J connectivity index is -0.0000000238. The summed E-state index contributed by atoms with van der Waals surface area (Å²) in [5.74, 6) is 0. The molecule has 0 aromatic carbocycles. The summed E-state index contributed by atoms with van der Waals surface area (Å²) < 4.78 is 78.7. The largest absolute Gasteiger partial charge is 0.422 e. The molecule has 124 valence electrons. The second-order valence-electron chi connectivity index (χ2n) is 1.72. The lowest BCUT2D eigenvalue weighted by molar-refractivity contribution is -0.208. The van der Waals surface area contributed by atoms with Gasteiger partial charge in [-0.15, -0.1) is 0 Å². The number of alkyl halides is 7. The van der Waals surface area contributed by atoms with Crippen LogP contribution in [0.4, 0.5) is 63.7 Å². The van der Waals surface area contributed by atoms with Gasteiger partial charge in [0.15, 0.2) is 0 Å². The summed E-state index contributed by atoms with van der Waals surface area (Å²) in [5, 5.41) is 0. The van der Waals surface area contributed by atoms with Crippen LogP contribution in [0.1, 0.15) is 0 Å². The number of hydrogen-bond acceptors (Lipinski definition) is 0. The van der Waals surface area contributed by atoms with Crippen LogP contribution in [0, 0.1) is 0 Å². The van der Waals surface area contributed by atoms with Crippen molar-refractivity contribution in [3.8, 4) is 0 Å². The first-order chi connectivity index (χ1) is 4.76. The van der Waals surface area contributed by atoms with Crippen molar-refractivity contribution in [3.63, 3.8) is 0 Å². The summed E-state index contributed by atoms with van der Waals surface area (Å²) in [5.41, 5.74) is 0. The molecule has 0 rings (SSSR count). The first-order valence-electron chi connectivity index (χ1n) is 2.40. The van der Waals surface area contributed by atoms with Crippen molar-refractivity contribution < 1.29 is 63.7 Å². The molecule has 2 atom stereocenters. The van der Waals surface area contributed by atoms with E-state index in [2.05, 4.69) is 0 Å². The molecule has 0 spiro atoms. The van der Waals surface area contributed by atoms with E-state index in [9.17, 15) is 30.7 Å². The molecule has 0 radical (unpaired) electrons. The maximum Gasteiger partial charge on any atom is 0.422 e. The predicted molar refractivity (Wildman–Crippen MR) is 39.4 cm³/mol. The van der Waals surface area contributed by atoms with Gasteiger partial charge in [0.2, 0.25) is 12.3 Å². The van der Waals surface area contributed by atoms with Crippen LogP contribution in [0.25, 0.3) is 0 Å². The molecule has 14 heteroatoms. The van der Waals surface area contributed by atoms with Crippen LogP contribution in [0.3, 0.4) is 0 Å². The first-order valence-corrected chi connectivity index (χ1v) is 2.40. The Bertz CT molecular complexity index is 119. The molecule has 0 bridgehead atoms. The van der Waals surface area contributed by atoms with Gasteiger partial charge < -0.3 is 0 Å². The normalized spacial score (nSPS) is 11.3. The zero-order valence-corrected chi connectivity index (χ0v) is 7.74.